The number of nitrogens with zero attached hydrogens (tertiary/aromatic N) is 5. The van der Waals surface area contributed by atoms with Crippen LogP contribution in [0.25, 0.3) is 17.0 Å². The molecule has 0 unspecified atom stereocenters. The Balaban J connectivity index is 1.64. The number of hydrogen-bond acceptors (Lipinski definition) is 5. The lowest BCUT2D eigenvalue weighted by Gasteiger charge is -2.08. The van der Waals surface area contributed by atoms with Crippen LogP contribution in [0.5, 0.6) is 0 Å². The molecule has 1 aromatic carbocycles. The van der Waals surface area contributed by atoms with Crippen molar-refractivity contribution in [2.45, 2.75) is 13.5 Å². The molecule has 0 fully saturated rings. The zero-order valence-corrected chi connectivity index (χ0v) is 13.2. The Morgan fingerprint density at radius 1 is 0.958 bits per heavy atom. The number of benzene rings is 1. The lowest BCUT2D eigenvalue weighted by Crippen LogP contribution is -2.05. The zero-order chi connectivity index (χ0) is 16.4. The van der Waals surface area contributed by atoms with Gasteiger partial charge in [-0.25, -0.2) is 0 Å². The minimum atomic E-state index is 0.701. The summed E-state index contributed by atoms with van der Waals surface area (Å²) in [5.74, 6) is 1.48. The maximum Gasteiger partial charge on any atom is 0.185 e. The van der Waals surface area contributed by atoms with E-state index in [4.69, 9.17) is 0 Å². The van der Waals surface area contributed by atoms with Crippen molar-refractivity contribution in [3.63, 3.8) is 0 Å². The molecule has 0 bridgehead atoms. The van der Waals surface area contributed by atoms with Crippen LogP contribution in [0, 0.1) is 6.92 Å². The fourth-order valence-electron chi connectivity index (χ4n) is 2.56. The van der Waals surface area contributed by atoms with Gasteiger partial charge in [0.2, 0.25) is 0 Å². The summed E-state index contributed by atoms with van der Waals surface area (Å²) in [6, 6.07) is 15.9. The number of hydrogen-bond donors (Lipinski definition) is 1. The van der Waals surface area contributed by atoms with Crippen molar-refractivity contribution in [3.05, 3.63) is 72.1 Å². The second kappa shape index (κ2) is 6.08. The van der Waals surface area contributed by atoms with Gasteiger partial charge in [-0.3, -0.25) is 4.98 Å². The Hall–Kier alpha value is -3.28. The molecule has 0 aliphatic rings. The van der Waals surface area contributed by atoms with E-state index in [-0.39, 0.29) is 0 Å². The number of rotatable bonds is 4. The highest BCUT2D eigenvalue weighted by atomic mass is 15.4. The van der Waals surface area contributed by atoms with E-state index in [9.17, 15) is 0 Å². The first-order valence-corrected chi connectivity index (χ1v) is 7.72. The average Bonchev–Trinajstić information content (AvgIpc) is 3.05. The predicted molar refractivity (Wildman–Crippen MR) is 92.5 cm³/mol. The fourth-order valence-corrected chi connectivity index (χ4v) is 2.56. The average molecular weight is 316 g/mol. The topological polar surface area (TPSA) is 68.0 Å². The van der Waals surface area contributed by atoms with E-state index < -0.39 is 0 Å². The number of nitrogens with one attached hydrogen (secondary N) is 1. The number of aryl methyl sites for hydroxylation is 1. The molecule has 6 nitrogen and oxygen atoms in total. The van der Waals surface area contributed by atoms with Gasteiger partial charge in [-0.05, 0) is 42.3 Å². The lowest BCUT2D eigenvalue weighted by molar-refractivity contribution is 0.924. The van der Waals surface area contributed by atoms with Gasteiger partial charge in [-0.2, -0.15) is 4.52 Å². The molecule has 0 aliphatic heterocycles. The smallest absolute Gasteiger partial charge is 0.185 e. The van der Waals surface area contributed by atoms with Crippen LogP contribution in [0.2, 0.25) is 0 Å². The Morgan fingerprint density at radius 3 is 2.62 bits per heavy atom. The van der Waals surface area contributed by atoms with E-state index in [2.05, 4.69) is 44.7 Å². The second-order valence-electron chi connectivity index (χ2n) is 5.53. The van der Waals surface area contributed by atoms with Gasteiger partial charge < -0.3 is 5.32 Å². The Bertz CT molecular complexity index is 977. The molecule has 6 heteroatoms. The van der Waals surface area contributed by atoms with E-state index in [1.165, 1.54) is 11.1 Å². The summed E-state index contributed by atoms with van der Waals surface area (Å²) in [7, 11) is 0. The molecule has 3 aromatic heterocycles. The molecule has 1 N–H and O–H groups in total. The number of anilines is 1. The summed E-state index contributed by atoms with van der Waals surface area (Å²) in [5.41, 5.74) is 4.15. The van der Waals surface area contributed by atoms with Crippen LogP contribution >= 0.6 is 0 Å². The Morgan fingerprint density at radius 2 is 1.79 bits per heavy atom. The molecule has 4 aromatic rings. The molecule has 0 radical (unpaired) electrons. The van der Waals surface area contributed by atoms with E-state index in [1.807, 2.05) is 36.4 Å². The minimum Gasteiger partial charge on any atom is -0.365 e. The summed E-state index contributed by atoms with van der Waals surface area (Å²) >= 11 is 0. The Kier molecular flexibility index (Phi) is 3.63. The summed E-state index contributed by atoms with van der Waals surface area (Å²) in [5, 5.41) is 16.4. The van der Waals surface area contributed by atoms with Crippen molar-refractivity contribution in [1.29, 1.82) is 0 Å². The summed E-state index contributed by atoms with van der Waals surface area (Å²) < 4.78 is 1.75. The van der Waals surface area contributed by atoms with Gasteiger partial charge in [-0.1, -0.05) is 24.3 Å². The van der Waals surface area contributed by atoms with Gasteiger partial charge in [0.15, 0.2) is 11.5 Å². The molecule has 0 saturated heterocycles. The molecule has 0 amide bonds. The van der Waals surface area contributed by atoms with Gasteiger partial charge in [0, 0.05) is 24.5 Å². The quantitative estimate of drug-likeness (QED) is 0.626. The van der Waals surface area contributed by atoms with E-state index in [1.54, 1.807) is 16.9 Å². The zero-order valence-electron chi connectivity index (χ0n) is 13.2. The van der Waals surface area contributed by atoms with Crippen molar-refractivity contribution in [3.8, 4) is 11.4 Å². The first-order chi connectivity index (χ1) is 11.8. The van der Waals surface area contributed by atoms with Gasteiger partial charge >= 0.3 is 0 Å². The highest BCUT2D eigenvalue weighted by Gasteiger charge is 2.09. The number of fused-ring (bicyclic) bond motifs is 1. The maximum absolute atomic E-state index is 4.62. The number of pyridine rings is 1. The van der Waals surface area contributed by atoms with Crippen molar-refractivity contribution in [1.82, 2.24) is 24.8 Å². The monoisotopic (exact) mass is 316 g/mol. The van der Waals surface area contributed by atoms with E-state index in [0.29, 0.717) is 11.5 Å². The standard InChI is InChI=1S/C18H16N6/c1-13-4-2-3-5-15(13)12-20-16-6-7-17-21-22-18(24(17)23-16)14-8-10-19-11-9-14/h2-11H,12H2,1H3,(H,20,23). The van der Waals surface area contributed by atoms with Crippen LogP contribution < -0.4 is 5.32 Å². The van der Waals surface area contributed by atoms with Crippen molar-refractivity contribution in [2.24, 2.45) is 0 Å². The molecule has 0 saturated carbocycles. The molecule has 4 rings (SSSR count). The molecule has 0 atom stereocenters. The molecule has 0 spiro atoms. The summed E-state index contributed by atoms with van der Waals surface area (Å²) in [6.07, 6.45) is 3.47. The predicted octanol–water partition coefficient (Wildman–Crippen LogP) is 3.11. The molecule has 118 valence electrons. The van der Waals surface area contributed by atoms with E-state index in [0.717, 1.165) is 17.9 Å². The van der Waals surface area contributed by atoms with Gasteiger partial charge in [0.25, 0.3) is 0 Å². The minimum absolute atomic E-state index is 0.701. The third-order valence-electron chi connectivity index (χ3n) is 3.92. The van der Waals surface area contributed by atoms with Crippen LogP contribution in [0.1, 0.15) is 11.1 Å². The summed E-state index contributed by atoms with van der Waals surface area (Å²) in [4.78, 5) is 4.03. The SMILES string of the molecule is Cc1ccccc1CNc1ccc2nnc(-c3ccncc3)n2n1. The molecule has 0 aliphatic carbocycles. The van der Waals surface area contributed by atoms with Crippen LogP contribution in [-0.2, 0) is 6.54 Å². The first kappa shape index (κ1) is 14.3. The van der Waals surface area contributed by atoms with Crippen molar-refractivity contribution in [2.75, 3.05) is 5.32 Å². The second-order valence-corrected chi connectivity index (χ2v) is 5.53. The lowest BCUT2D eigenvalue weighted by atomic mass is 10.1. The van der Waals surface area contributed by atoms with Crippen LogP contribution in [0.4, 0.5) is 5.82 Å². The molecular weight excluding hydrogens is 300 g/mol. The van der Waals surface area contributed by atoms with Gasteiger partial charge in [0.1, 0.15) is 5.82 Å². The normalized spacial score (nSPS) is 10.9. The fraction of sp³-hybridized carbons (Fsp3) is 0.111. The van der Waals surface area contributed by atoms with Gasteiger partial charge in [0.05, 0.1) is 0 Å². The van der Waals surface area contributed by atoms with Crippen molar-refractivity contribution >= 4 is 11.5 Å². The van der Waals surface area contributed by atoms with Gasteiger partial charge in [-0.15, -0.1) is 15.3 Å². The summed E-state index contributed by atoms with van der Waals surface area (Å²) in [6.45, 7) is 2.83. The Labute approximate surface area is 139 Å². The third kappa shape index (κ3) is 2.69. The van der Waals surface area contributed by atoms with Crippen LogP contribution in [0.3, 0.4) is 0 Å². The molecular formula is C18H16N6. The highest BCUT2D eigenvalue weighted by Crippen LogP contribution is 2.18. The first-order valence-electron chi connectivity index (χ1n) is 7.72. The van der Waals surface area contributed by atoms with E-state index >= 15 is 0 Å². The highest BCUT2D eigenvalue weighted by molar-refractivity contribution is 5.58. The largest absolute Gasteiger partial charge is 0.365 e. The van der Waals surface area contributed by atoms with Crippen LogP contribution in [-0.4, -0.2) is 24.8 Å². The van der Waals surface area contributed by atoms with Crippen molar-refractivity contribution < 1.29 is 0 Å². The van der Waals surface area contributed by atoms with Crippen LogP contribution in [0.15, 0.2) is 60.9 Å². The molecule has 3 heterocycles. The number of aromatic nitrogens is 5. The maximum atomic E-state index is 4.62. The molecule has 24 heavy (non-hydrogen) atoms. The third-order valence-corrected chi connectivity index (χ3v) is 3.92.